The van der Waals surface area contributed by atoms with Crippen LogP contribution in [-0.4, -0.2) is 11.7 Å². The number of aromatic nitrogens is 1. The molecule has 0 radical (unpaired) electrons. The predicted octanol–water partition coefficient (Wildman–Crippen LogP) is 2.31. The summed E-state index contributed by atoms with van der Waals surface area (Å²) in [7, 11) is 3.49. The zero-order valence-corrected chi connectivity index (χ0v) is 10.0. The normalized spacial score (nSPS) is 10.6. The van der Waals surface area contributed by atoms with Crippen molar-refractivity contribution >= 4 is 26.8 Å². The zero-order valence-electron chi connectivity index (χ0n) is 8.45. The van der Waals surface area contributed by atoms with E-state index in [2.05, 4.69) is 15.9 Å². The molecule has 1 aromatic heterocycles. The number of ether oxygens (including phenoxy) is 1. The van der Waals surface area contributed by atoms with E-state index in [0.717, 1.165) is 9.99 Å². The molecule has 15 heavy (non-hydrogen) atoms. The van der Waals surface area contributed by atoms with Crippen molar-refractivity contribution in [3.63, 3.8) is 0 Å². The summed E-state index contributed by atoms with van der Waals surface area (Å²) in [6, 6.07) is 5.19. The smallest absolute Gasteiger partial charge is 0.189 e. The van der Waals surface area contributed by atoms with Gasteiger partial charge in [-0.15, -0.1) is 0 Å². The third kappa shape index (κ3) is 1.65. The Morgan fingerprint density at radius 2 is 2.13 bits per heavy atom. The maximum Gasteiger partial charge on any atom is 0.189 e. The molecule has 2 rings (SSSR count). The van der Waals surface area contributed by atoms with Gasteiger partial charge in [0.2, 0.25) is 0 Å². The van der Waals surface area contributed by atoms with Crippen LogP contribution in [0.2, 0.25) is 0 Å². The summed E-state index contributed by atoms with van der Waals surface area (Å²) in [6.45, 7) is 0. The fourth-order valence-corrected chi connectivity index (χ4v) is 2.03. The summed E-state index contributed by atoms with van der Waals surface area (Å²) in [6.07, 6.45) is 1.75. The highest BCUT2D eigenvalue weighted by molar-refractivity contribution is 9.10. The highest BCUT2D eigenvalue weighted by Crippen LogP contribution is 2.28. The molecule has 0 saturated heterocycles. The van der Waals surface area contributed by atoms with Crippen molar-refractivity contribution < 1.29 is 4.74 Å². The van der Waals surface area contributed by atoms with E-state index < -0.39 is 0 Å². The fourth-order valence-electron chi connectivity index (χ4n) is 1.54. The first kappa shape index (κ1) is 10.2. The first-order valence-corrected chi connectivity index (χ1v) is 5.25. The largest absolute Gasteiger partial charge is 0.496 e. The molecule has 1 heterocycles. The number of pyridine rings is 1. The molecule has 0 bridgehead atoms. The molecule has 0 unspecified atom stereocenters. The number of benzene rings is 1. The molecule has 4 heteroatoms. The summed E-state index contributed by atoms with van der Waals surface area (Å²) in [5, 5.41) is 0.667. The molecule has 1 aromatic carbocycles. The van der Waals surface area contributed by atoms with E-state index in [-0.39, 0.29) is 5.43 Å². The first-order valence-electron chi connectivity index (χ1n) is 4.46. The topological polar surface area (TPSA) is 31.2 Å². The molecule has 0 spiro atoms. The van der Waals surface area contributed by atoms with Crippen LogP contribution in [-0.2, 0) is 7.05 Å². The Hall–Kier alpha value is -1.29. The Kier molecular flexibility index (Phi) is 2.52. The molecule has 3 nitrogen and oxygen atoms in total. The van der Waals surface area contributed by atoms with E-state index in [1.165, 1.54) is 0 Å². The number of rotatable bonds is 1. The van der Waals surface area contributed by atoms with E-state index in [1.54, 1.807) is 25.4 Å². The van der Waals surface area contributed by atoms with Crippen molar-refractivity contribution in [1.29, 1.82) is 0 Å². The zero-order chi connectivity index (χ0) is 11.0. The van der Waals surface area contributed by atoms with Gasteiger partial charge in [-0.3, -0.25) is 4.79 Å². The van der Waals surface area contributed by atoms with E-state index >= 15 is 0 Å². The second kappa shape index (κ2) is 3.70. The molecule has 0 fully saturated rings. The lowest BCUT2D eigenvalue weighted by Gasteiger charge is -2.08. The minimum atomic E-state index is 0.00824. The van der Waals surface area contributed by atoms with Gasteiger partial charge >= 0.3 is 0 Å². The lowest BCUT2D eigenvalue weighted by atomic mass is 10.2. The number of hydrogen-bond donors (Lipinski definition) is 0. The minimum Gasteiger partial charge on any atom is -0.496 e. The van der Waals surface area contributed by atoms with Gasteiger partial charge in [0, 0.05) is 24.7 Å². The van der Waals surface area contributed by atoms with Gasteiger partial charge in [-0.2, -0.15) is 0 Å². The fraction of sp³-hybridized carbons (Fsp3) is 0.182. The molecular weight excluding hydrogens is 258 g/mol. The number of hydrogen-bond acceptors (Lipinski definition) is 2. The summed E-state index contributed by atoms with van der Waals surface area (Å²) < 4.78 is 7.90. The molecule has 0 aliphatic carbocycles. The van der Waals surface area contributed by atoms with E-state index in [0.29, 0.717) is 11.1 Å². The van der Waals surface area contributed by atoms with Gasteiger partial charge < -0.3 is 9.30 Å². The molecular formula is C11H10BrNO2. The van der Waals surface area contributed by atoms with Gasteiger partial charge in [0.15, 0.2) is 5.43 Å². The Morgan fingerprint density at radius 3 is 2.80 bits per heavy atom. The van der Waals surface area contributed by atoms with Crippen LogP contribution in [0.25, 0.3) is 10.9 Å². The second-order valence-corrected chi connectivity index (χ2v) is 4.15. The van der Waals surface area contributed by atoms with Crippen molar-refractivity contribution in [2.45, 2.75) is 0 Å². The van der Waals surface area contributed by atoms with Crippen molar-refractivity contribution in [1.82, 2.24) is 4.57 Å². The Balaban J connectivity index is 2.92. The van der Waals surface area contributed by atoms with Crippen LogP contribution < -0.4 is 10.2 Å². The van der Waals surface area contributed by atoms with Crippen LogP contribution >= 0.6 is 15.9 Å². The highest BCUT2D eigenvalue weighted by Gasteiger charge is 2.06. The van der Waals surface area contributed by atoms with Crippen molar-refractivity contribution in [2.24, 2.45) is 7.05 Å². The standard InChI is InChI=1S/C11H10BrNO2/c1-13-4-3-10(14)7-5-11(15-2)8(12)6-9(7)13/h3-6H,1-2H3. The third-order valence-electron chi connectivity index (χ3n) is 2.37. The molecule has 78 valence electrons. The lowest BCUT2D eigenvalue weighted by Crippen LogP contribution is -2.05. The summed E-state index contributed by atoms with van der Waals surface area (Å²) in [4.78, 5) is 11.6. The molecule has 0 atom stereocenters. The van der Waals surface area contributed by atoms with Crippen molar-refractivity contribution in [3.8, 4) is 5.75 Å². The molecule has 0 aliphatic rings. The van der Waals surface area contributed by atoms with Gasteiger partial charge in [-0.1, -0.05) is 0 Å². The number of aryl methyl sites for hydroxylation is 1. The summed E-state index contributed by atoms with van der Waals surface area (Å²) in [5.74, 6) is 0.672. The predicted molar refractivity (Wildman–Crippen MR) is 63.4 cm³/mol. The number of halogens is 1. The molecule has 0 saturated carbocycles. The first-order chi connectivity index (χ1) is 7.13. The van der Waals surface area contributed by atoms with Crippen LogP contribution in [0.4, 0.5) is 0 Å². The average Bonchev–Trinajstić information content (AvgIpc) is 2.23. The van der Waals surface area contributed by atoms with Gasteiger partial charge in [-0.05, 0) is 28.1 Å². The maximum atomic E-state index is 11.6. The molecule has 0 N–H and O–H groups in total. The van der Waals surface area contributed by atoms with Crippen LogP contribution in [0.5, 0.6) is 5.75 Å². The van der Waals surface area contributed by atoms with Crippen LogP contribution in [0.3, 0.4) is 0 Å². The Bertz CT molecular complexity index is 575. The van der Waals surface area contributed by atoms with Gasteiger partial charge in [-0.25, -0.2) is 0 Å². The maximum absolute atomic E-state index is 11.6. The van der Waals surface area contributed by atoms with Crippen molar-refractivity contribution in [2.75, 3.05) is 7.11 Å². The van der Waals surface area contributed by atoms with E-state index in [9.17, 15) is 4.79 Å². The Labute approximate surface area is 95.4 Å². The van der Waals surface area contributed by atoms with Gasteiger partial charge in [0.1, 0.15) is 5.75 Å². The molecule has 2 aromatic rings. The van der Waals surface area contributed by atoms with Gasteiger partial charge in [0.05, 0.1) is 17.1 Å². The second-order valence-electron chi connectivity index (χ2n) is 3.29. The SMILES string of the molecule is COc1cc2c(=O)ccn(C)c2cc1Br. The van der Waals surface area contributed by atoms with E-state index in [4.69, 9.17) is 4.74 Å². The van der Waals surface area contributed by atoms with E-state index in [1.807, 2.05) is 17.7 Å². The molecule has 0 aliphatic heterocycles. The van der Waals surface area contributed by atoms with Crippen LogP contribution in [0, 0.1) is 0 Å². The number of fused-ring (bicyclic) bond motifs is 1. The summed E-state index contributed by atoms with van der Waals surface area (Å²) >= 11 is 3.40. The number of nitrogens with zero attached hydrogens (tertiary/aromatic N) is 1. The minimum absolute atomic E-state index is 0.00824. The lowest BCUT2D eigenvalue weighted by molar-refractivity contribution is 0.412. The quantitative estimate of drug-likeness (QED) is 0.794. The van der Waals surface area contributed by atoms with Crippen LogP contribution in [0.15, 0.2) is 33.7 Å². The third-order valence-corrected chi connectivity index (χ3v) is 2.98. The van der Waals surface area contributed by atoms with Gasteiger partial charge in [0.25, 0.3) is 0 Å². The van der Waals surface area contributed by atoms with Crippen LogP contribution in [0.1, 0.15) is 0 Å². The number of methoxy groups -OCH3 is 1. The monoisotopic (exact) mass is 267 g/mol. The summed E-state index contributed by atoms with van der Waals surface area (Å²) in [5.41, 5.74) is 0.893. The molecule has 0 amide bonds. The Morgan fingerprint density at radius 1 is 1.40 bits per heavy atom. The average molecular weight is 268 g/mol. The van der Waals surface area contributed by atoms with Crippen molar-refractivity contribution in [3.05, 3.63) is 39.1 Å². The highest BCUT2D eigenvalue weighted by atomic mass is 79.9.